The Morgan fingerprint density at radius 2 is 2.09 bits per heavy atom. The van der Waals surface area contributed by atoms with Gasteiger partial charge in [0.05, 0.1) is 24.0 Å². The molecular weight excluding hydrogens is 316 g/mol. The topological polar surface area (TPSA) is 70.8 Å². The van der Waals surface area contributed by atoms with E-state index in [2.05, 4.69) is 4.90 Å². The second-order valence-electron chi connectivity index (χ2n) is 6.69. The lowest BCUT2D eigenvalue weighted by atomic mass is 9.94. The van der Waals surface area contributed by atoms with Crippen LogP contribution in [0.2, 0.25) is 0 Å². The average molecular weight is 340 g/mol. The summed E-state index contributed by atoms with van der Waals surface area (Å²) < 4.78 is 28.2. The van der Waals surface area contributed by atoms with Crippen molar-refractivity contribution >= 4 is 15.7 Å². The van der Waals surface area contributed by atoms with Gasteiger partial charge in [-0.3, -0.25) is 9.69 Å². The van der Waals surface area contributed by atoms with Crippen molar-refractivity contribution < 1.29 is 17.6 Å². The van der Waals surface area contributed by atoms with E-state index in [0.717, 1.165) is 37.9 Å². The molecule has 0 bridgehead atoms. The molecule has 1 amide bonds. The zero-order chi connectivity index (χ0) is 16.4. The molecule has 3 rings (SSSR count). The second-order valence-corrected chi connectivity index (χ2v) is 8.92. The fourth-order valence-electron chi connectivity index (χ4n) is 3.62. The largest absolute Gasteiger partial charge is 0.472 e. The van der Waals surface area contributed by atoms with Crippen LogP contribution in [0.15, 0.2) is 23.0 Å². The molecule has 0 N–H and O–H groups in total. The average Bonchev–Trinajstić information content (AvgIpc) is 3.16. The zero-order valence-electron chi connectivity index (χ0n) is 13.5. The third kappa shape index (κ3) is 3.95. The first-order chi connectivity index (χ1) is 10.9. The van der Waals surface area contributed by atoms with E-state index in [1.165, 1.54) is 0 Å². The molecule has 3 heterocycles. The summed E-state index contributed by atoms with van der Waals surface area (Å²) in [5.41, 5.74) is 0.995. The molecule has 2 aliphatic heterocycles. The van der Waals surface area contributed by atoms with Crippen molar-refractivity contribution in [2.24, 2.45) is 5.92 Å². The van der Waals surface area contributed by atoms with E-state index in [1.807, 2.05) is 13.1 Å². The number of amides is 1. The van der Waals surface area contributed by atoms with Gasteiger partial charge in [0, 0.05) is 31.1 Å². The second kappa shape index (κ2) is 6.65. The third-order valence-electron chi connectivity index (χ3n) is 4.98. The van der Waals surface area contributed by atoms with Gasteiger partial charge in [-0.2, -0.15) is 0 Å². The van der Waals surface area contributed by atoms with Gasteiger partial charge in [0.15, 0.2) is 9.84 Å². The number of sulfone groups is 1. The molecule has 0 aromatic carbocycles. The van der Waals surface area contributed by atoms with Crippen LogP contribution < -0.4 is 0 Å². The SMILES string of the molecule is CN(Cc1ccoc1)C(=O)C1CCN([C@H]2CCS(=O)(=O)C2)CC1. The molecule has 0 saturated carbocycles. The molecule has 23 heavy (non-hydrogen) atoms. The fourth-order valence-corrected chi connectivity index (χ4v) is 5.38. The van der Waals surface area contributed by atoms with E-state index in [-0.39, 0.29) is 23.6 Å². The monoisotopic (exact) mass is 340 g/mol. The first-order valence-electron chi connectivity index (χ1n) is 8.15. The van der Waals surface area contributed by atoms with E-state index in [0.29, 0.717) is 12.3 Å². The van der Waals surface area contributed by atoms with Crippen LogP contribution in [0.5, 0.6) is 0 Å². The minimum atomic E-state index is -2.84. The van der Waals surface area contributed by atoms with Crippen LogP contribution in [0, 0.1) is 5.92 Å². The summed E-state index contributed by atoms with van der Waals surface area (Å²) in [6, 6.07) is 2.02. The van der Waals surface area contributed by atoms with Crippen LogP contribution in [0.25, 0.3) is 0 Å². The number of piperidine rings is 1. The van der Waals surface area contributed by atoms with Crippen LogP contribution in [0.1, 0.15) is 24.8 Å². The lowest BCUT2D eigenvalue weighted by Crippen LogP contribution is -2.45. The zero-order valence-corrected chi connectivity index (χ0v) is 14.3. The maximum Gasteiger partial charge on any atom is 0.225 e. The van der Waals surface area contributed by atoms with Gasteiger partial charge in [-0.25, -0.2) is 8.42 Å². The van der Waals surface area contributed by atoms with Crippen molar-refractivity contribution in [2.75, 3.05) is 31.6 Å². The van der Waals surface area contributed by atoms with Gasteiger partial charge < -0.3 is 9.32 Å². The molecule has 6 nitrogen and oxygen atoms in total. The molecule has 2 saturated heterocycles. The molecule has 1 aromatic heterocycles. The number of hydrogen-bond acceptors (Lipinski definition) is 5. The van der Waals surface area contributed by atoms with Crippen molar-refractivity contribution in [2.45, 2.75) is 31.8 Å². The Morgan fingerprint density at radius 1 is 1.35 bits per heavy atom. The molecular formula is C16H24N2O4S. The molecule has 1 atom stereocenters. The van der Waals surface area contributed by atoms with Gasteiger partial charge >= 0.3 is 0 Å². The predicted octanol–water partition coefficient (Wildman–Crippen LogP) is 1.14. The maximum absolute atomic E-state index is 12.5. The highest BCUT2D eigenvalue weighted by molar-refractivity contribution is 7.91. The van der Waals surface area contributed by atoms with Crippen LogP contribution in [0.4, 0.5) is 0 Å². The summed E-state index contributed by atoms with van der Waals surface area (Å²) in [6.07, 6.45) is 5.63. The third-order valence-corrected chi connectivity index (χ3v) is 6.73. The predicted molar refractivity (Wildman–Crippen MR) is 86.5 cm³/mol. The quantitative estimate of drug-likeness (QED) is 0.822. The minimum absolute atomic E-state index is 0.0427. The summed E-state index contributed by atoms with van der Waals surface area (Å²) in [7, 11) is -1.02. The Balaban J connectivity index is 1.49. The van der Waals surface area contributed by atoms with E-state index < -0.39 is 9.84 Å². The van der Waals surface area contributed by atoms with Gasteiger partial charge in [-0.15, -0.1) is 0 Å². The smallest absolute Gasteiger partial charge is 0.225 e. The van der Waals surface area contributed by atoms with Crippen molar-refractivity contribution in [1.82, 2.24) is 9.80 Å². The minimum Gasteiger partial charge on any atom is -0.472 e. The van der Waals surface area contributed by atoms with E-state index in [9.17, 15) is 13.2 Å². The Hall–Kier alpha value is -1.34. The van der Waals surface area contributed by atoms with Crippen LogP contribution in [-0.2, 0) is 21.2 Å². The number of carbonyl (C=O) groups is 1. The summed E-state index contributed by atoms with van der Waals surface area (Å²) >= 11 is 0. The summed E-state index contributed by atoms with van der Waals surface area (Å²) in [5, 5.41) is 0. The highest BCUT2D eigenvalue weighted by Gasteiger charge is 2.35. The molecule has 1 aromatic rings. The van der Waals surface area contributed by atoms with Gasteiger partial charge in [-0.05, 0) is 38.4 Å². The summed E-state index contributed by atoms with van der Waals surface area (Å²) in [5.74, 6) is 0.807. The van der Waals surface area contributed by atoms with E-state index in [1.54, 1.807) is 17.4 Å². The standard InChI is InChI=1S/C16H24N2O4S/c1-17(10-13-4-8-22-11-13)16(19)14-2-6-18(7-3-14)15-5-9-23(20,21)12-15/h4,8,11,14-15H,2-3,5-7,9-10,12H2,1H3/t15-/m0/s1. The maximum atomic E-state index is 12.5. The van der Waals surface area contributed by atoms with Crippen LogP contribution in [0.3, 0.4) is 0 Å². The van der Waals surface area contributed by atoms with Crippen molar-refractivity contribution in [3.05, 3.63) is 24.2 Å². The first kappa shape index (κ1) is 16.5. The Morgan fingerprint density at radius 3 is 2.65 bits per heavy atom. The van der Waals surface area contributed by atoms with Gasteiger partial charge in [0.2, 0.25) is 5.91 Å². The Labute approximate surface area is 137 Å². The fraction of sp³-hybridized carbons (Fsp3) is 0.688. The normalized spacial score (nSPS) is 25.5. The number of likely N-dealkylation sites (tertiary alicyclic amines) is 1. The summed E-state index contributed by atoms with van der Waals surface area (Å²) in [6.45, 7) is 2.20. The molecule has 0 unspecified atom stereocenters. The number of hydrogen-bond donors (Lipinski definition) is 0. The van der Waals surface area contributed by atoms with Gasteiger partial charge in [-0.1, -0.05) is 0 Å². The summed E-state index contributed by atoms with van der Waals surface area (Å²) in [4.78, 5) is 16.5. The number of rotatable bonds is 4. The highest BCUT2D eigenvalue weighted by Crippen LogP contribution is 2.25. The molecule has 128 valence electrons. The van der Waals surface area contributed by atoms with Crippen molar-refractivity contribution in [1.29, 1.82) is 0 Å². The lowest BCUT2D eigenvalue weighted by molar-refractivity contribution is -0.136. The van der Waals surface area contributed by atoms with E-state index in [4.69, 9.17) is 4.42 Å². The Kier molecular flexibility index (Phi) is 4.77. The van der Waals surface area contributed by atoms with Crippen molar-refractivity contribution in [3.63, 3.8) is 0 Å². The van der Waals surface area contributed by atoms with Gasteiger partial charge in [0.25, 0.3) is 0 Å². The number of carbonyl (C=O) groups excluding carboxylic acids is 1. The Bertz CT molecular complexity index is 633. The molecule has 0 aliphatic carbocycles. The molecule has 0 radical (unpaired) electrons. The lowest BCUT2D eigenvalue weighted by Gasteiger charge is -2.36. The van der Waals surface area contributed by atoms with Gasteiger partial charge in [0.1, 0.15) is 0 Å². The van der Waals surface area contributed by atoms with Crippen molar-refractivity contribution in [3.8, 4) is 0 Å². The van der Waals surface area contributed by atoms with Crippen LogP contribution in [-0.4, -0.2) is 61.8 Å². The molecule has 0 spiro atoms. The molecule has 2 aliphatic rings. The van der Waals surface area contributed by atoms with E-state index >= 15 is 0 Å². The highest BCUT2D eigenvalue weighted by atomic mass is 32.2. The molecule has 2 fully saturated rings. The number of nitrogens with zero attached hydrogens (tertiary/aromatic N) is 2. The first-order valence-corrected chi connectivity index (χ1v) is 9.97. The number of furan rings is 1. The van der Waals surface area contributed by atoms with Crippen LogP contribution >= 0.6 is 0 Å². The molecule has 7 heteroatoms.